The van der Waals surface area contributed by atoms with Crippen LogP contribution < -0.4 is 10.6 Å². The van der Waals surface area contributed by atoms with Gasteiger partial charge in [0.15, 0.2) is 0 Å². The predicted octanol–water partition coefficient (Wildman–Crippen LogP) is 0.463. The number of nitrogens with one attached hydrogen (secondary N) is 1. The number of hydrogen-bond acceptors (Lipinski definition) is 6. The predicted molar refractivity (Wildman–Crippen MR) is 81.4 cm³/mol. The minimum atomic E-state index is -0.488. The molecule has 2 aliphatic heterocycles. The summed E-state index contributed by atoms with van der Waals surface area (Å²) in [5.41, 5.74) is -0.488. The van der Waals surface area contributed by atoms with Crippen LogP contribution in [0.15, 0.2) is 16.8 Å². The van der Waals surface area contributed by atoms with Gasteiger partial charge in [-0.1, -0.05) is 5.16 Å². The summed E-state index contributed by atoms with van der Waals surface area (Å²) in [5.74, 6) is 0.978. The summed E-state index contributed by atoms with van der Waals surface area (Å²) in [7, 11) is 0. The molecular weight excluding hydrogens is 304 g/mol. The van der Waals surface area contributed by atoms with E-state index < -0.39 is 5.66 Å². The van der Waals surface area contributed by atoms with Gasteiger partial charge >= 0.3 is 0 Å². The van der Waals surface area contributed by atoms with E-state index in [2.05, 4.69) is 15.8 Å². The van der Waals surface area contributed by atoms with E-state index in [0.29, 0.717) is 25.9 Å². The number of amides is 2. The van der Waals surface area contributed by atoms with Crippen molar-refractivity contribution in [2.24, 2.45) is 0 Å². The number of thioether (sulfide) groups is 1. The van der Waals surface area contributed by atoms with Gasteiger partial charge in [0.2, 0.25) is 5.76 Å². The fourth-order valence-corrected chi connectivity index (χ4v) is 3.43. The second-order valence-corrected chi connectivity index (χ2v) is 6.61. The van der Waals surface area contributed by atoms with Crippen molar-refractivity contribution in [1.29, 1.82) is 0 Å². The second kappa shape index (κ2) is 6.29. The molecule has 1 atom stereocenters. The highest BCUT2D eigenvalue weighted by molar-refractivity contribution is 7.98. The fourth-order valence-electron chi connectivity index (χ4n) is 2.96. The molecule has 1 aromatic rings. The Morgan fingerprint density at radius 2 is 2.32 bits per heavy atom. The lowest BCUT2D eigenvalue weighted by Crippen LogP contribution is -2.56. The van der Waals surface area contributed by atoms with E-state index >= 15 is 0 Å². The normalized spacial score (nSPS) is 23.8. The number of likely N-dealkylation sites (tertiary alicyclic amines) is 1. The Kier molecular flexibility index (Phi) is 4.39. The van der Waals surface area contributed by atoms with E-state index in [1.54, 1.807) is 22.7 Å². The lowest BCUT2D eigenvalue weighted by atomic mass is 9.97. The molecule has 1 spiro atoms. The quantitative estimate of drug-likeness (QED) is 0.866. The van der Waals surface area contributed by atoms with Gasteiger partial charge in [0.05, 0.1) is 12.2 Å². The van der Waals surface area contributed by atoms with Crippen LogP contribution in [-0.4, -0.2) is 58.7 Å². The van der Waals surface area contributed by atoms with Gasteiger partial charge in [0.1, 0.15) is 5.66 Å². The maximum Gasteiger partial charge on any atom is 0.292 e. The van der Waals surface area contributed by atoms with Crippen LogP contribution in [0.1, 0.15) is 29.8 Å². The molecule has 3 rings (SSSR count). The zero-order chi connectivity index (χ0) is 15.6. The smallest absolute Gasteiger partial charge is 0.292 e. The molecule has 1 radical (unpaired) electrons. The highest BCUT2D eigenvalue weighted by Crippen LogP contribution is 2.27. The summed E-state index contributed by atoms with van der Waals surface area (Å²) in [6.07, 6.45) is 5.58. The maximum atomic E-state index is 12.2. The average Bonchev–Trinajstić information content (AvgIpc) is 3.14. The topological polar surface area (TPSA) is 89.5 Å². The Labute approximate surface area is 133 Å². The molecule has 0 aromatic carbocycles. The van der Waals surface area contributed by atoms with E-state index in [1.807, 2.05) is 6.26 Å². The third kappa shape index (κ3) is 2.98. The number of hydrogen-bond donors (Lipinski definition) is 1. The molecule has 1 unspecified atom stereocenters. The standard InChI is InChI=1S/C14H19N4O3S/c1-22-9-3-10-12(19)17-14(16-10)4-7-18(8-5-14)13(20)11-2-6-15-21-11/h2,6,10,16H,3-5,7-9H2,1H3. The van der Waals surface area contributed by atoms with E-state index in [-0.39, 0.29) is 23.6 Å². The Hall–Kier alpha value is -1.54. The molecule has 119 valence electrons. The van der Waals surface area contributed by atoms with Gasteiger partial charge in [-0.3, -0.25) is 14.9 Å². The van der Waals surface area contributed by atoms with Crippen molar-refractivity contribution in [3.05, 3.63) is 18.0 Å². The molecule has 22 heavy (non-hydrogen) atoms. The van der Waals surface area contributed by atoms with Crippen LogP contribution in [0, 0.1) is 0 Å². The minimum Gasteiger partial charge on any atom is -0.351 e. The molecular formula is C14H19N4O3S. The summed E-state index contributed by atoms with van der Waals surface area (Å²) in [4.78, 5) is 25.9. The van der Waals surface area contributed by atoms with Crippen LogP contribution in [0.4, 0.5) is 0 Å². The van der Waals surface area contributed by atoms with Gasteiger partial charge < -0.3 is 9.42 Å². The fraction of sp³-hybridized carbons (Fsp3) is 0.643. The van der Waals surface area contributed by atoms with Crippen molar-refractivity contribution < 1.29 is 14.1 Å². The summed E-state index contributed by atoms with van der Waals surface area (Å²) in [6.45, 7) is 1.11. The van der Waals surface area contributed by atoms with E-state index in [1.165, 1.54) is 6.20 Å². The number of aromatic nitrogens is 1. The third-order valence-electron chi connectivity index (χ3n) is 4.20. The van der Waals surface area contributed by atoms with Crippen molar-refractivity contribution in [2.75, 3.05) is 25.1 Å². The van der Waals surface area contributed by atoms with Gasteiger partial charge in [-0.25, -0.2) is 5.32 Å². The monoisotopic (exact) mass is 323 g/mol. The molecule has 0 aliphatic carbocycles. The Bertz CT molecular complexity index is 540. The van der Waals surface area contributed by atoms with Gasteiger partial charge in [0.25, 0.3) is 11.8 Å². The molecule has 2 amide bonds. The molecule has 2 saturated heterocycles. The zero-order valence-electron chi connectivity index (χ0n) is 12.4. The van der Waals surface area contributed by atoms with Crippen molar-refractivity contribution in [3.63, 3.8) is 0 Å². The van der Waals surface area contributed by atoms with Crippen LogP contribution in [0.2, 0.25) is 0 Å². The molecule has 7 nitrogen and oxygen atoms in total. The van der Waals surface area contributed by atoms with Gasteiger partial charge in [0, 0.05) is 32.0 Å². The molecule has 1 N–H and O–H groups in total. The van der Waals surface area contributed by atoms with Gasteiger partial charge in [-0.05, 0) is 18.4 Å². The Morgan fingerprint density at radius 1 is 1.55 bits per heavy atom. The van der Waals surface area contributed by atoms with Crippen LogP contribution in [0.25, 0.3) is 0 Å². The van der Waals surface area contributed by atoms with Crippen molar-refractivity contribution in [2.45, 2.75) is 31.0 Å². The maximum absolute atomic E-state index is 12.2. The first-order chi connectivity index (χ1) is 10.6. The minimum absolute atomic E-state index is 0.0518. The third-order valence-corrected chi connectivity index (χ3v) is 4.85. The molecule has 8 heteroatoms. The van der Waals surface area contributed by atoms with E-state index in [4.69, 9.17) is 4.52 Å². The largest absolute Gasteiger partial charge is 0.351 e. The first-order valence-electron chi connectivity index (χ1n) is 7.37. The van der Waals surface area contributed by atoms with Gasteiger partial charge in [-0.15, -0.1) is 0 Å². The molecule has 3 heterocycles. The lowest BCUT2D eigenvalue weighted by molar-refractivity contribution is -0.121. The Morgan fingerprint density at radius 3 is 2.95 bits per heavy atom. The number of piperidine rings is 1. The molecule has 0 bridgehead atoms. The highest BCUT2D eigenvalue weighted by Gasteiger charge is 2.47. The van der Waals surface area contributed by atoms with Crippen molar-refractivity contribution in [1.82, 2.24) is 20.7 Å². The van der Waals surface area contributed by atoms with Gasteiger partial charge in [-0.2, -0.15) is 11.8 Å². The summed E-state index contributed by atoms with van der Waals surface area (Å²) < 4.78 is 4.91. The van der Waals surface area contributed by atoms with Crippen molar-refractivity contribution in [3.8, 4) is 0 Å². The first-order valence-corrected chi connectivity index (χ1v) is 8.76. The number of carbonyl (C=O) groups excluding carboxylic acids is 2. The number of nitrogens with zero attached hydrogens (tertiary/aromatic N) is 3. The average molecular weight is 323 g/mol. The Balaban J connectivity index is 1.57. The number of carbonyl (C=O) groups is 2. The second-order valence-electron chi connectivity index (χ2n) is 5.63. The molecule has 1 aromatic heterocycles. The summed E-state index contributed by atoms with van der Waals surface area (Å²) >= 11 is 1.73. The molecule has 0 saturated carbocycles. The van der Waals surface area contributed by atoms with E-state index in [0.717, 1.165) is 12.2 Å². The van der Waals surface area contributed by atoms with Crippen LogP contribution in [0.3, 0.4) is 0 Å². The first kappa shape index (κ1) is 15.4. The molecule has 2 aliphatic rings. The van der Waals surface area contributed by atoms with E-state index in [9.17, 15) is 9.59 Å². The highest BCUT2D eigenvalue weighted by atomic mass is 32.2. The van der Waals surface area contributed by atoms with Crippen LogP contribution in [-0.2, 0) is 4.79 Å². The van der Waals surface area contributed by atoms with Crippen molar-refractivity contribution >= 4 is 23.6 Å². The van der Waals surface area contributed by atoms with Crippen LogP contribution >= 0.6 is 11.8 Å². The van der Waals surface area contributed by atoms with Crippen LogP contribution in [0.5, 0.6) is 0 Å². The number of rotatable bonds is 4. The summed E-state index contributed by atoms with van der Waals surface area (Å²) in [6, 6.07) is 1.39. The SMILES string of the molecule is CSCCC1NC2(CCN(C(=O)c3ccno3)CC2)[N]C1=O. The molecule has 2 fully saturated rings. The summed E-state index contributed by atoms with van der Waals surface area (Å²) in [5, 5.41) is 11.3. The lowest BCUT2D eigenvalue weighted by Gasteiger charge is -2.37. The zero-order valence-corrected chi connectivity index (χ0v) is 13.3.